The fraction of sp³-hybridized carbons (Fsp3) is 0.130. The molecule has 0 heterocycles. The van der Waals surface area contributed by atoms with Crippen molar-refractivity contribution in [3.63, 3.8) is 0 Å². The predicted molar refractivity (Wildman–Crippen MR) is 135 cm³/mol. The van der Waals surface area contributed by atoms with Gasteiger partial charge in [-0.25, -0.2) is 5.43 Å². The number of nitrogens with one attached hydrogen (secondary N) is 1. The fourth-order valence-electron chi connectivity index (χ4n) is 2.71. The minimum atomic E-state index is -0.297. The van der Waals surface area contributed by atoms with Crippen LogP contribution in [0.3, 0.4) is 0 Å². The van der Waals surface area contributed by atoms with Crippen LogP contribution < -0.4 is 14.9 Å². The number of methoxy groups -OCH3 is 1. The molecule has 0 aliphatic rings. The normalized spacial score (nSPS) is 10.8. The van der Waals surface area contributed by atoms with Gasteiger partial charge < -0.3 is 9.47 Å². The first-order chi connectivity index (χ1) is 14.5. The van der Waals surface area contributed by atoms with Crippen molar-refractivity contribution in [2.45, 2.75) is 13.5 Å². The maximum atomic E-state index is 12.3. The summed E-state index contributed by atoms with van der Waals surface area (Å²) in [6.07, 6.45) is 1.61. The van der Waals surface area contributed by atoms with Crippen LogP contribution in [0.1, 0.15) is 27.0 Å². The number of halogens is 2. The van der Waals surface area contributed by atoms with Crippen LogP contribution >= 0.6 is 45.2 Å². The molecule has 0 saturated heterocycles. The highest BCUT2D eigenvalue weighted by Crippen LogP contribution is 2.23. The van der Waals surface area contributed by atoms with Crippen molar-refractivity contribution in [1.29, 1.82) is 0 Å². The van der Waals surface area contributed by atoms with E-state index < -0.39 is 0 Å². The highest BCUT2D eigenvalue weighted by atomic mass is 127. The lowest BCUT2D eigenvalue weighted by Gasteiger charge is -2.09. The van der Waals surface area contributed by atoms with E-state index in [4.69, 9.17) is 9.47 Å². The van der Waals surface area contributed by atoms with Crippen molar-refractivity contribution in [1.82, 2.24) is 5.43 Å². The van der Waals surface area contributed by atoms with Crippen molar-refractivity contribution in [2.75, 3.05) is 7.11 Å². The number of aryl methyl sites for hydroxylation is 1. The highest BCUT2D eigenvalue weighted by molar-refractivity contribution is 14.1. The van der Waals surface area contributed by atoms with E-state index in [0.717, 1.165) is 24.0 Å². The average Bonchev–Trinajstić information content (AvgIpc) is 2.73. The molecule has 154 valence electrons. The maximum Gasteiger partial charge on any atom is 0.271 e. The third-order valence-electron chi connectivity index (χ3n) is 4.23. The number of carbonyl (C=O) groups excluding carboxylic acids is 1. The zero-order valence-electron chi connectivity index (χ0n) is 16.5. The minimum Gasteiger partial charge on any atom is -0.496 e. The van der Waals surface area contributed by atoms with Crippen molar-refractivity contribution in [3.05, 3.63) is 90.1 Å². The second-order valence-corrected chi connectivity index (χ2v) is 8.84. The quantitative estimate of drug-likeness (QED) is 0.213. The number of benzene rings is 3. The molecule has 3 aromatic carbocycles. The van der Waals surface area contributed by atoms with Crippen LogP contribution in [0.25, 0.3) is 0 Å². The molecule has 5 nitrogen and oxygen atoms in total. The summed E-state index contributed by atoms with van der Waals surface area (Å²) >= 11 is 4.39. The van der Waals surface area contributed by atoms with Gasteiger partial charge in [-0.15, -0.1) is 0 Å². The molecule has 30 heavy (non-hydrogen) atoms. The van der Waals surface area contributed by atoms with Gasteiger partial charge in [0.1, 0.15) is 18.1 Å². The van der Waals surface area contributed by atoms with Crippen molar-refractivity contribution >= 4 is 57.3 Å². The molecule has 0 unspecified atom stereocenters. The maximum absolute atomic E-state index is 12.3. The Kier molecular flexibility index (Phi) is 8.08. The standard InChI is InChI=1S/C23H20I2N2O3/c1-15-4-3-5-17(10-15)14-30-21-9-6-16(11-20(21)25)13-26-27-23(28)18-7-8-19(24)22(12-18)29-2/h3-13H,14H2,1-2H3,(H,27,28)/b26-13-. The molecule has 3 aromatic rings. The van der Waals surface area contributed by atoms with Gasteiger partial charge in [-0.1, -0.05) is 29.8 Å². The summed E-state index contributed by atoms with van der Waals surface area (Å²) in [6.45, 7) is 2.58. The number of hydrogen-bond acceptors (Lipinski definition) is 4. The summed E-state index contributed by atoms with van der Waals surface area (Å²) in [5.41, 5.74) is 6.23. The summed E-state index contributed by atoms with van der Waals surface area (Å²) in [7, 11) is 1.58. The third kappa shape index (κ3) is 6.18. The lowest BCUT2D eigenvalue weighted by Crippen LogP contribution is -2.17. The molecule has 0 spiro atoms. The summed E-state index contributed by atoms with van der Waals surface area (Å²) in [4.78, 5) is 12.3. The van der Waals surface area contributed by atoms with Crippen LogP contribution in [0.5, 0.6) is 11.5 Å². The van der Waals surface area contributed by atoms with E-state index >= 15 is 0 Å². The van der Waals surface area contributed by atoms with Crippen molar-refractivity contribution in [3.8, 4) is 11.5 Å². The largest absolute Gasteiger partial charge is 0.496 e. The van der Waals surface area contributed by atoms with Crippen molar-refractivity contribution < 1.29 is 14.3 Å². The van der Waals surface area contributed by atoms with Crippen LogP contribution in [-0.2, 0) is 6.61 Å². The van der Waals surface area contributed by atoms with E-state index in [2.05, 4.69) is 74.8 Å². The lowest BCUT2D eigenvalue weighted by molar-refractivity contribution is 0.0954. The Morgan fingerprint density at radius 1 is 1.03 bits per heavy atom. The summed E-state index contributed by atoms with van der Waals surface area (Å²) in [5, 5.41) is 4.06. The molecule has 3 rings (SSSR count). The fourth-order valence-corrected chi connectivity index (χ4v) is 3.96. The Morgan fingerprint density at radius 2 is 1.87 bits per heavy atom. The highest BCUT2D eigenvalue weighted by Gasteiger charge is 2.08. The molecule has 0 radical (unpaired) electrons. The van der Waals surface area contributed by atoms with E-state index in [1.807, 2.05) is 36.4 Å². The van der Waals surface area contributed by atoms with Gasteiger partial charge in [0.15, 0.2) is 0 Å². The second kappa shape index (κ2) is 10.8. The lowest BCUT2D eigenvalue weighted by atomic mass is 10.1. The molecule has 0 bridgehead atoms. The third-order valence-corrected chi connectivity index (χ3v) is 5.96. The SMILES string of the molecule is COc1cc(C(=O)N/N=C\c2ccc(OCc3cccc(C)c3)c(I)c2)ccc1I. The topological polar surface area (TPSA) is 59.9 Å². The first kappa shape index (κ1) is 22.5. The van der Waals surface area contributed by atoms with Crippen LogP contribution in [0.15, 0.2) is 65.8 Å². The number of hydrazone groups is 1. The molecule has 0 aromatic heterocycles. The monoisotopic (exact) mass is 626 g/mol. The Labute approximate surface area is 203 Å². The van der Waals surface area contributed by atoms with Gasteiger partial charge in [-0.05, 0) is 99.6 Å². The van der Waals surface area contributed by atoms with Gasteiger partial charge >= 0.3 is 0 Å². The van der Waals surface area contributed by atoms with E-state index in [1.165, 1.54) is 5.56 Å². The average molecular weight is 626 g/mol. The van der Waals surface area contributed by atoms with E-state index in [-0.39, 0.29) is 5.91 Å². The Balaban J connectivity index is 1.59. The Morgan fingerprint density at radius 3 is 2.60 bits per heavy atom. The molecule has 0 saturated carbocycles. The van der Waals surface area contributed by atoms with Crippen LogP contribution in [0.4, 0.5) is 0 Å². The summed E-state index contributed by atoms with van der Waals surface area (Å²) in [5.74, 6) is 1.17. The first-order valence-electron chi connectivity index (χ1n) is 9.11. The molecule has 0 aliphatic heterocycles. The second-order valence-electron chi connectivity index (χ2n) is 6.52. The number of nitrogens with zero attached hydrogens (tertiary/aromatic N) is 1. The molecule has 1 amide bonds. The smallest absolute Gasteiger partial charge is 0.271 e. The molecule has 0 fully saturated rings. The number of ether oxygens (including phenoxy) is 2. The van der Waals surface area contributed by atoms with E-state index in [1.54, 1.807) is 25.5 Å². The van der Waals surface area contributed by atoms with Gasteiger partial charge in [0.2, 0.25) is 0 Å². The van der Waals surface area contributed by atoms with Crippen LogP contribution in [0, 0.1) is 14.1 Å². The summed E-state index contributed by atoms with van der Waals surface area (Å²) in [6, 6.07) is 19.3. The molecular weight excluding hydrogens is 606 g/mol. The van der Waals surface area contributed by atoms with E-state index in [0.29, 0.717) is 17.9 Å². The molecular formula is C23H20I2N2O3. The minimum absolute atomic E-state index is 0.297. The molecule has 0 atom stereocenters. The number of carbonyl (C=O) groups is 1. The zero-order valence-corrected chi connectivity index (χ0v) is 20.8. The number of hydrogen-bond donors (Lipinski definition) is 1. The van der Waals surface area contributed by atoms with Gasteiger partial charge in [0, 0.05) is 5.56 Å². The summed E-state index contributed by atoms with van der Waals surface area (Å²) < 4.78 is 13.1. The van der Waals surface area contributed by atoms with Gasteiger partial charge in [0.05, 0.1) is 20.5 Å². The van der Waals surface area contributed by atoms with Crippen molar-refractivity contribution in [2.24, 2.45) is 5.10 Å². The van der Waals surface area contributed by atoms with Crippen LogP contribution in [-0.4, -0.2) is 19.2 Å². The Hall–Kier alpha value is -2.14. The molecule has 7 heteroatoms. The number of amides is 1. The predicted octanol–water partition coefficient (Wildman–Crippen LogP) is 5.56. The number of rotatable bonds is 7. The van der Waals surface area contributed by atoms with E-state index in [9.17, 15) is 4.79 Å². The van der Waals surface area contributed by atoms with Gasteiger partial charge in [-0.3, -0.25) is 4.79 Å². The van der Waals surface area contributed by atoms with Gasteiger partial charge in [-0.2, -0.15) is 5.10 Å². The molecule has 0 aliphatic carbocycles. The van der Waals surface area contributed by atoms with Gasteiger partial charge in [0.25, 0.3) is 5.91 Å². The first-order valence-corrected chi connectivity index (χ1v) is 11.3. The Bertz CT molecular complexity index is 1080. The van der Waals surface area contributed by atoms with Crippen LogP contribution in [0.2, 0.25) is 0 Å². The zero-order chi connectivity index (χ0) is 21.5. The molecule has 1 N–H and O–H groups in total.